The fourth-order valence-corrected chi connectivity index (χ4v) is 2.70. The van der Waals surface area contributed by atoms with Crippen molar-refractivity contribution in [2.45, 2.75) is 72.4 Å². The molecule has 0 amide bonds. The fourth-order valence-electron chi connectivity index (χ4n) is 2.50. The summed E-state index contributed by atoms with van der Waals surface area (Å²) in [6.45, 7) is 12.5. The van der Waals surface area contributed by atoms with Crippen LogP contribution in [0.1, 0.15) is 60.3 Å². The van der Waals surface area contributed by atoms with Gasteiger partial charge in [-0.3, -0.25) is 4.90 Å². The van der Waals surface area contributed by atoms with Gasteiger partial charge in [-0.1, -0.05) is 46.8 Å². The molecular formula is C14H30N2S. The smallest absolute Gasteiger partial charge is 0.0743 e. The highest BCUT2D eigenvalue weighted by Crippen LogP contribution is 2.19. The Bertz CT molecular complexity index is 212. The molecule has 0 aromatic rings. The first kappa shape index (κ1) is 16.9. The van der Waals surface area contributed by atoms with Gasteiger partial charge in [-0.2, -0.15) is 0 Å². The highest BCUT2D eigenvalue weighted by atomic mass is 32.1. The summed E-state index contributed by atoms with van der Waals surface area (Å²) in [6.07, 6.45) is 4.39. The molecule has 0 heterocycles. The minimum absolute atomic E-state index is 0.514. The van der Waals surface area contributed by atoms with Crippen LogP contribution < -0.4 is 5.73 Å². The van der Waals surface area contributed by atoms with E-state index in [4.69, 9.17) is 18.0 Å². The molecule has 0 aliphatic carbocycles. The lowest BCUT2D eigenvalue weighted by atomic mass is 10.0. The maximum Gasteiger partial charge on any atom is 0.0743 e. The predicted molar refractivity (Wildman–Crippen MR) is 81.4 cm³/mol. The zero-order valence-electron chi connectivity index (χ0n) is 12.2. The Balaban J connectivity index is 4.77. The van der Waals surface area contributed by atoms with Crippen molar-refractivity contribution in [1.82, 2.24) is 4.90 Å². The lowest BCUT2D eigenvalue weighted by molar-refractivity contribution is 0.109. The monoisotopic (exact) mass is 258 g/mol. The van der Waals surface area contributed by atoms with Gasteiger partial charge < -0.3 is 5.73 Å². The summed E-state index contributed by atoms with van der Waals surface area (Å²) in [5.41, 5.74) is 5.73. The molecule has 1 unspecified atom stereocenters. The van der Waals surface area contributed by atoms with Crippen LogP contribution >= 0.6 is 12.2 Å². The Labute approximate surface area is 113 Å². The van der Waals surface area contributed by atoms with Crippen LogP contribution in [-0.4, -0.2) is 28.5 Å². The molecule has 0 aliphatic heterocycles. The van der Waals surface area contributed by atoms with Crippen LogP contribution in [0.3, 0.4) is 0 Å². The van der Waals surface area contributed by atoms with Gasteiger partial charge in [0, 0.05) is 25.0 Å². The van der Waals surface area contributed by atoms with E-state index >= 15 is 0 Å². The molecule has 0 aromatic carbocycles. The Morgan fingerprint density at radius 2 is 1.53 bits per heavy atom. The highest BCUT2D eigenvalue weighted by molar-refractivity contribution is 7.80. The first-order valence-electron chi connectivity index (χ1n) is 7.00. The van der Waals surface area contributed by atoms with Gasteiger partial charge in [0.25, 0.3) is 0 Å². The Kier molecular flexibility index (Phi) is 8.79. The van der Waals surface area contributed by atoms with Crippen LogP contribution in [0.5, 0.6) is 0 Å². The van der Waals surface area contributed by atoms with Gasteiger partial charge in [0.15, 0.2) is 0 Å². The standard InChI is InChI=1S/C14H30N2S/c1-6-12(7-2)16(10-11(4)5)13(8-3)9-14(15)17/h11-13H,6-10H2,1-5H3,(H2,15,17). The summed E-state index contributed by atoms with van der Waals surface area (Å²) in [7, 11) is 0. The van der Waals surface area contributed by atoms with Crippen molar-refractivity contribution in [3.63, 3.8) is 0 Å². The van der Waals surface area contributed by atoms with Crippen LogP contribution in [-0.2, 0) is 0 Å². The molecule has 0 spiro atoms. The first-order chi connectivity index (χ1) is 7.96. The number of hydrogen-bond acceptors (Lipinski definition) is 2. The van der Waals surface area contributed by atoms with Crippen LogP contribution in [0.2, 0.25) is 0 Å². The molecule has 0 aromatic heterocycles. The third kappa shape index (κ3) is 6.37. The molecule has 0 fully saturated rings. The van der Waals surface area contributed by atoms with Crippen LogP contribution in [0.4, 0.5) is 0 Å². The summed E-state index contributed by atoms with van der Waals surface area (Å²) in [5, 5.41) is 0. The van der Waals surface area contributed by atoms with Crippen LogP contribution in [0, 0.1) is 5.92 Å². The van der Waals surface area contributed by atoms with Crippen molar-refractivity contribution in [1.29, 1.82) is 0 Å². The Morgan fingerprint density at radius 1 is 1.06 bits per heavy atom. The van der Waals surface area contributed by atoms with Crippen LogP contribution in [0.25, 0.3) is 0 Å². The van der Waals surface area contributed by atoms with Crippen molar-refractivity contribution in [2.75, 3.05) is 6.54 Å². The van der Waals surface area contributed by atoms with Gasteiger partial charge in [-0.05, 0) is 25.2 Å². The summed E-state index contributed by atoms with van der Waals surface area (Å²) in [6, 6.07) is 1.18. The third-order valence-electron chi connectivity index (χ3n) is 3.36. The fraction of sp³-hybridized carbons (Fsp3) is 0.929. The molecule has 0 rings (SSSR count). The highest BCUT2D eigenvalue weighted by Gasteiger charge is 2.24. The van der Waals surface area contributed by atoms with E-state index in [1.54, 1.807) is 0 Å². The van der Waals surface area contributed by atoms with E-state index in [-0.39, 0.29) is 0 Å². The Hall–Kier alpha value is -0.150. The minimum atomic E-state index is 0.514. The lowest BCUT2D eigenvalue weighted by Gasteiger charge is -2.38. The molecule has 2 nitrogen and oxygen atoms in total. The van der Waals surface area contributed by atoms with Gasteiger partial charge in [0.1, 0.15) is 0 Å². The molecule has 0 radical (unpaired) electrons. The second-order valence-corrected chi connectivity index (χ2v) is 5.82. The van der Waals surface area contributed by atoms with E-state index in [0.29, 0.717) is 23.0 Å². The molecule has 17 heavy (non-hydrogen) atoms. The number of thiocarbonyl (C=S) groups is 1. The minimum Gasteiger partial charge on any atom is -0.393 e. The van der Waals surface area contributed by atoms with E-state index in [9.17, 15) is 0 Å². The molecule has 0 aliphatic rings. The summed E-state index contributed by atoms with van der Waals surface area (Å²) in [4.78, 5) is 3.28. The van der Waals surface area contributed by atoms with Crippen molar-refractivity contribution >= 4 is 17.2 Å². The molecule has 0 saturated heterocycles. The zero-order chi connectivity index (χ0) is 13.4. The van der Waals surface area contributed by atoms with E-state index in [1.165, 1.54) is 12.8 Å². The zero-order valence-corrected chi connectivity index (χ0v) is 13.0. The largest absolute Gasteiger partial charge is 0.393 e. The quantitative estimate of drug-likeness (QED) is 0.641. The van der Waals surface area contributed by atoms with E-state index in [0.717, 1.165) is 19.4 Å². The normalized spacial score (nSPS) is 13.6. The number of hydrogen-bond donors (Lipinski definition) is 1. The molecular weight excluding hydrogens is 228 g/mol. The topological polar surface area (TPSA) is 29.3 Å². The third-order valence-corrected chi connectivity index (χ3v) is 3.53. The number of nitrogens with zero attached hydrogens (tertiary/aromatic N) is 1. The van der Waals surface area contributed by atoms with E-state index in [2.05, 4.69) is 39.5 Å². The first-order valence-corrected chi connectivity index (χ1v) is 7.40. The van der Waals surface area contributed by atoms with Crippen molar-refractivity contribution in [2.24, 2.45) is 11.7 Å². The maximum atomic E-state index is 5.73. The van der Waals surface area contributed by atoms with Gasteiger partial charge >= 0.3 is 0 Å². The van der Waals surface area contributed by atoms with Crippen molar-refractivity contribution in [3.05, 3.63) is 0 Å². The summed E-state index contributed by atoms with van der Waals surface area (Å²) >= 11 is 5.08. The average molecular weight is 258 g/mol. The molecule has 0 bridgehead atoms. The molecule has 2 N–H and O–H groups in total. The predicted octanol–water partition coefficient (Wildman–Crippen LogP) is 3.59. The van der Waals surface area contributed by atoms with Gasteiger partial charge in [-0.15, -0.1) is 0 Å². The SMILES string of the molecule is CCC(CC)N(CC(C)C)C(CC)CC(N)=S. The lowest BCUT2D eigenvalue weighted by Crippen LogP contribution is -2.46. The molecule has 3 heteroatoms. The number of rotatable bonds is 9. The van der Waals surface area contributed by atoms with E-state index in [1.807, 2.05) is 0 Å². The second-order valence-electron chi connectivity index (χ2n) is 5.29. The second kappa shape index (κ2) is 8.87. The van der Waals surface area contributed by atoms with Crippen molar-refractivity contribution < 1.29 is 0 Å². The summed E-state index contributed by atoms with van der Waals surface area (Å²) < 4.78 is 0. The van der Waals surface area contributed by atoms with Crippen molar-refractivity contribution in [3.8, 4) is 0 Å². The van der Waals surface area contributed by atoms with Gasteiger partial charge in [0.05, 0.1) is 4.99 Å². The average Bonchev–Trinajstić information content (AvgIpc) is 2.25. The molecule has 1 atom stereocenters. The maximum absolute atomic E-state index is 5.73. The Morgan fingerprint density at radius 3 is 1.82 bits per heavy atom. The summed E-state index contributed by atoms with van der Waals surface area (Å²) in [5.74, 6) is 0.691. The van der Waals surface area contributed by atoms with Crippen LogP contribution in [0.15, 0.2) is 0 Å². The van der Waals surface area contributed by atoms with E-state index < -0.39 is 0 Å². The number of nitrogens with two attached hydrogens (primary N) is 1. The molecule has 0 saturated carbocycles. The van der Waals surface area contributed by atoms with Gasteiger partial charge in [-0.25, -0.2) is 0 Å². The molecule has 102 valence electrons. The van der Waals surface area contributed by atoms with Gasteiger partial charge in [0.2, 0.25) is 0 Å².